The van der Waals surface area contributed by atoms with Crippen LogP contribution in [0, 0.1) is 0 Å². The Labute approximate surface area is 102 Å². The van der Waals surface area contributed by atoms with E-state index in [1.54, 1.807) is 7.11 Å². The SMILES string of the molecule is CCCC(O)c1cc2c(cc1OC)CC(C)O2. The third-order valence-electron chi connectivity index (χ3n) is 3.17. The monoisotopic (exact) mass is 236 g/mol. The molecule has 0 aromatic heterocycles. The Morgan fingerprint density at radius 1 is 1.53 bits per heavy atom. The van der Waals surface area contributed by atoms with Crippen LogP contribution in [0.3, 0.4) is 0 Å². The van der Waals surface area contributed by atoms with Crippen molar-refractivity contribution in [1.29, 1.82) is 0 Å². The quantitative estimate of drug-likeness (QED) is 0.873. The second-order valence-corrected chi connectivity index (χ2v) is 4.64. The van der Waals surface area contributed by atoms with Gasteiger partial charge >= 0.3 is 0 Å². The molecule has 0 spiro atoms. The summed E-state index contributed by atoms with van der Waals surface area (Å²) in [5.41, 5.74) is 2.00. The van der Waals surface area contributed by atoms with Crippen molar-refractivity contribution in [3.8, 4) is 11.5 Å². The van der Waals surface area contributed by atoms with Gasteiger partial charge < -0.3 is 14.6 Å². The van der Waals surface area contributed by atoms with Crippen LogP contribution in [0.15, 0.2) is 12.1 Å². The van der Waals surface area contributed by atoms with Gasteiger partial charge in [-0.05, 0) is 25.5 Å². The van der Waals surface area contributed by atoms with Crippen LogP contribution in [0.4, 0.5) is 0 Å². The Morgan fingerprint density at radius 3 is 2.94 bits per heavy atom. The van der Waals surface area contributed by atoms with E-state index >= 15 is 0 Å². The highest BCUT2D eigenvalue weighted by molar-refractivity contribution is 5.49. The van der Waals surface area contributed by atoms with Gasteiger partial charge in [0.05, 0.1) is 13.2 Å². The Morgan fingerprint density at radius 2 is 2.29 bits per heavy atom. The van der Waals surface area contributed by atoms with Crippen LogP contribution in [0.5, 0.6) is 11.5 Å². The molecule has 0 saturated carbocycles. The van der Waals surface area contributed by atoms with E-state index in [1.807, 2.05) is 12.1 Å². The van der Waals surface area contributed by atoms with Crippen LogP contribution in [-0.2, 0) is 6.42 Å². The molecule has 94 valence electrons. The van der Waals surface area contributed by atoms with Crippen molar-refractivity contribution < 1.29 is 14.6 Å². The molecule has 1 aliphatic heterocycles. The van der Waals surface area contributed by atoms with Gasteiger partial charge in [0.25, 0.3) is 0 Å². The topological polar surface area (TPSA) is 38.7 Å². The lowest BCUT2D eigenvalue weighted by Crippen LogP contribution is -2.05. The van der Waals surface area contributed by atoms with Crippen molar-refractivity contribution in [3.05, 3.63) is 23.3 Å². The summed E-state index contributed by atoms with van der Waals surface area (Å²) < 4.78 is 11.1. The largest absolute Gasteiger partial charge is 0.496 e. The highest BCUT2D eigenvalue weighted by atomic mass is 16.5. The second kappa shape index (κ2) is 4.96. The zero-order chi connectivity index (χ0) is 12.4. The smallest absolute Gasteiger partial charge is 0.125 e. The second-order valence-electron chi connectivity index (χ2n) is 4.64. The normalized spacial score (nSPS) is 19.6. The molecular weight excluding hydrogens is 216 g/mol. The number of benzene rings is 1. The van der Waals surface area contributed by atoms with E-state index in [-0.39, 0.29) is 6.10 Å². The van der Waals surface area contributed by atoms with Gasteiger partial charge in [-0.15, -0.1) is 0 Å². The van der Waals surface area contributed by atoms with Gasteiger partial charge in [-0.25, -0.2) is 0 Å². The Bertz CT molecular complexity index is 401. The first-order chi connectivity index (χ1) is 8.15. The van der Waals surface area contributed by atoms with Crippen molar-refractivity contribution in [2.24, 2.45) is 0 Å². The standard InChI is InChI=1S/C14H20O3/c1-4-5-12(15)11-8-13-10(6-9(2)17-13)7-14(11)16-3/h7-9,12,15H,4-6H2,1-3H3. The number of ether oxygens (including phenoxy) is 2. The number of hydrogen-bond acceptors (Lipinski definition) is 3. The van der Waals surface area contributed by atoms with Crippen molar-refractivity contribution in [1.82, 2.24) is 0 Å². The lowest BCUT2D eigenvalue weighted by Gasteiger charge is -2.15. The molecule has 0 radical (unpaired) electrons. The van der Waals surface area contributed by atoms with Crippen LogP contribution >= 0.6 is 0 Å². The van der Waals surface area contributed by atoms with Gasteiger partial charge in [0.1, 0.15) is 17.6 Å². The molecule has 2 atom stereocenters. The Balaban J connectivity index is 2.35. The van der Waals surface area contributed by atoms with E-state index in [0.717, 1.165) is 36.3 Å². The van der Waals surface area contributed by atoms with Gasteiger partial charge in [0.15, 0.2) is 0 Å². The molecular formula is C14H20O3. The highest BCUT2D eigenvalue weighted by Crippen LogP contribution is 2.38. The van der Waals surface area contributed by atoms with Gasteiger partial charge in [-0.1, -0.05) is 13.3 Å². The third kappa shape index (κ3) is 2.39. The van der Waals surface area contributed by atoms with Crippen LogP contribution in [0.25, 0.3) is 0 Å². The summed E-state index contributed by atoms with van der Waals surface area (Å²) in [5, 5.41) is 10.1. The average Bonchev–Trinajstić information content (AvgIpc) is 2.66. The van der Waals surface area contributed by atoms with Crippen LogP contribution in [0.1, 0.15) is 43.9 Å². The minimum absolute atomic E-state index is 0.216. The van der Waals surface area contributed by atoms with Crippen molar-refractivity contribution in [2.45, 2.75) is 45.3 Å². The first kappa shape index (κ1) is 12.2. The molecule has 2 unspecified atom stereocenters. The van der Waals surface area contributed by atoms with Gasteiger partial charge in [-0.2, -0.15) is 0 Å². The number of methoxy groups -OCH3 is 1. The molecule has 1 N–H and O–H groups in total. The fourth-order valence-corrected chi connectivity index (χ4v) is 2.32. The van der Waals surface area contributed by atoms with E-state index in [4.69, 9.17) is 9.47 Å². The molecule has 1 aliphatic rings. The molecule has 1 heterocycles. The molecule has 1 aromatic rings. The summed E-state index contributed by atoms with van der Waals surface area (Å²) in [6.07, 6.45) is 2.34. The van der Waals surface area contributed by atoms with Crippen molar-refractivity contribution in [2.75, 3.05) is 7.11 Å². The fraction of sp³-hybridized carbons (Fsp3) is 0.571. The van der Waals surface area contributed by atoms with Crippen LogP contribution < -0.4 is 9.47 Å². The molecule has 17 heavy (non-hydrogen) atoms. The molecule has 2 rings (SSSR count). The number of aliphatic hydroxyl groups is 1. The van der Waals surface area contributed by atoms with E-state index in [9.17, 15) is 5.11 Å². The maximum atomic E-state index is 10.1. The Kier molecular flexibility index (Phi) is 3.57. The summed E-state index contributed by atoms with van der Waals surface area (Å²) in [7, 11) is 1.64. The summed E-state index contributed by atoms with van der Waals surface area (Å²) >= 11 is 0. The molecule has 3 nitrogen and oxygen atoms in total. The first-order valence-electron chi connectivity index (χ1n) is 6.21. The predicted molar refractivity (Wildman–Crippen MR) is 66.7 cm³/mol. The number of fused-ring (bicyclic) bond motifs is 1. The third-order valence-corrected chi connectivity index (χ3v) is 3.17. The lowest BCUT2D eigenvalue weighted by atomic mass is 10.0. The molecule has 1 aromatic carbocycles. The Hall–Kier alpha value is -1.22. The van der Waals surface area contributed by atoms with Gasteiger partial charge in [0, 0.05) is 17.5 Å². The summed E-state index contributed by atoms with van der Waals surface area (Å²) in [6.45, 7) is 4.11. The molecule has 0 saturated heterocycles. The molecule has 3 heteroatoms. The van der Waals surface area contributed by atoms with E-state index in [1.165, 1.54) is 5.56 Å². The maximum Gasteiger partial charge on any atom is 0.125 e. The average molecular weight is 236 g/mol. The minimum Gasteiger partial charge on any atom is -0.496 e. The minimum atomic E-state index is -0.472. The van der Waals surface area contributed by atoms with Crippen molar-refractivity contribution in [3.63, 3.8) is 0 Å². The number of aliphatic hydroxyl groups excluding tert-OH is 1. The summed E-state index contributed by atoms with van der Waals surface area (Å²) in [5.74, 6) is 1.66. The molecule has 0 amide bonds. The van der Waals surface area contributed by atoms with E-state index < -0.39 is 6.10 Å². The van der Waals surface area contributed by atoms with Crippen LogP contribution in [-0.4, -0.2) is 18.3 Å². The van der Waals surface area contributed by atoms with Crippen LogP contribution in [0.2, 0.25) is 0 Å². The predicted octanol–water partition coefficient (Wildman–Crippen LogP) is 2.85. The zero-order valence-electron chi connectivity index (χ0n) is 10.7. The zero-order valence-corrected chi connectivity index (χ0v) is 10.7. The van der Waals surface area contributed by atoms with E-state index in [2.05, 4.69) is 13.8 Å². The van der Waals surface area contributed by atoms with Gasteiger partial charge in [-0.3, -0.25) is 0 Å². The van der Waals surface area contributed by atoms with Crippen molar-refractivity contribution >= 4 is 0 Å². The maximum absolute atomic E-state index is 10.1. The summed E-state index contributed by atoms with van der Waals surface area (Å²) in [4.78, 5) is 0. The number of rotatable bonds is 4. The first-order valence-corrected chi connectivity index (χ1v) is 6.21. The molecule has 0 bridgehead atoms. The molecule has 0 fully saturated rings. The molecule has 0 aliphatic carbocycles. The fourth-order valence-electron chi connectivity index (χ4n) is 2.32. The number of hydrogen-bond donors (Lipinski definition) is 1. The van der Waals surface area contributed by atoms with E-state index in [0.29, 0.717) is 0 Å². The highest BCUT2D eigenvalue weighted by Gasteiger charge is 2.23. The van der Waals surface area contributed by atoms with Gasteiger partial charge in [0.2, 0.25) is 0 Å². The summed E-state index contributed by atoms with van der Waals surface area (Å²) in [6, 6.07) is 3.92. The lowest BCUT2D eigenvalue weighted by molar-refractivity contribution is 0.161.